The molecule has 0 aliphatic carbocycles. The number of aromatic nitrogens is 3. The zero-order valence-electron chi connectivity index (χ0n) is 7.04. The van der Waals surface area contributed by atoms with E-state index < -0.39 is 0 Å². The molecule has 0 spiro atoms. The third kappa shape index (κ3) is 1.47. The SMILES string of the molecule is C#CCn1cc(I)c2c(Cl)ncnc21. The maximum Gasteiger partial charge on any atom is 0.146 e. The Morgan fingerprint density at radius 2 is 2.36 bits per heavy atom. The minimum Gasteiger partial charge on any atom is -0.320 e. The van der Waals surface area contributed by atoms with Gasteiger partial charge in [0.05, 0.1) is 11.9 Å². The smallest absolute Gasteiger partial charge is 0.146 e. The molecule has 2 aromatic heterocycles. The third-order valence-electron chi connectivity index (χ3n) is 1.82. The van der Waals surface area contributed by atoms with Crippen molar-refractivity contribution in [2.75, 3.05) is 0 Å². The van der Waals surface area contributed by atoms with E-state index in [0.717, 1.165) is 14.6 Å². The summed E-state index contributed by atoms with van der Waals surface area (Å²) in [4.78, 5) is 8.07. The van der Waals surface area contributed by atoms with Gasteiger partial charge in [-0.1, -0.05) is 17.5 Å². The van der Waals surface area contributed by atoms with Crippen LogP contribution in [0.25, 0.3) is 11.0 Å². The van der Waals surface area contributed by atoms with Crippen molar-refractivity contribution in [2.45, 2.75) is 6.54 Å². The Morgan fingerprint density at radius 3 is 3.07 bits per heavy atom. The summed E-state index contributed by atoms with van der Waals surface area (Å²) in [5, 5.41) is 1.33. The van der Waals surface area contributed by atoms with Crippen LogP contribution in [-0.2, 0) is 6.54 Å². The molecule has 2 aromatic rings. The van der Waals surface area contributed by atoms with Gasteiger partial charge in [0.15, 0.2) is 0 Å². The number of nitrogens with zero attached hydrogens (tertiary/aromatic N) is 3. The molecule has 0 aliphatic heterocycles. The predicted octanol–water partition coefficient (Wildman–Crippen LogP) is 2.32. The molecule has 0 saturated carbocycles. The van der Waals surface area contributed by atoms with Crippen molar-refractivity contribution in [1.29, 1.82) is 0 Å². The number of halogens is 2. The molecule has 0 bridgehead atoms. The van der Waals surface area contributed by atoms with Gasteiger partial charge in [-0.05, 0) is 22.6 Å². The number of hydrogen-bond donors (Lipinski definition) is 0. The fourth-order valence-electron chi connectivity index (χ4n) is 1.26. The molecule has 0 N–H and O–H groups in total. The highest BCUT2D eigenvalue weighted by Gasteiger charge is 2.10. The molecule has 5 heteroatoms. The summed E-state index contributed by atoms with van der Waals surface area (Å²) in [5.74, 6) is 2.57. The number of hydrogen-bond acceptors (Lipinski definition) is 2. The van der Waals surface area contributed by atoms with Crippen molar-refractivity contribution in [3.05, 3.63) is 21.2 Å². The van der Waals surface area contributed by atoms with E-state index in [-0.39, 0.29) is 0 Å². The standard InChI is InChI=1S/C9H5ClIN3/c1-2-3-14-4-6(11)7-8(10)12-5-13-9(7)14/h1,4-5H,3H2. The molecule has 14 heavy (non-hydrogen) atoms. The zero-order chi connectivity index (χ0) is 10.1. The van der Waals surface area contributed by atoms with Gasteiger partial charge in [-0.15, -0.1) is 6.42 Å². The van der Waals surface area contributed by atoms with Crippen LogP contribution in [0.3, 0.4) is 0 Å². The van der Waals surface area contributed by atoms with Gasteiger partial charge in [-0.2, -0.15) is 0 Å². The van der Waals surface area contributed by atoms with E-state index in [1.165, 1.54) is 6.33 Å². The van der Waals surface area contributed by atoms with Gasteiger partial charge >= 0.3 is 0 Å². The predicted molar refractivity (Wildman–Crippen MR) is 64.1 cm³/mol. The van der Waals surface area contributed by atoms with Crippen LogP contribution in [0.5, 0.6) is 0 Å². The van der Waals surface area contributed by atoms with Crippen molar-refractivity contribution in [3.8, 4) is 12.3 Å². The van der Waals surface area contributed by atoms with Gasteiger partial charge < -0.3 is 4.57 Å². The largest absolute Gasteiger partial charge is 0.320 e. The van der Waals surface area contributed by atoms with Crippen molar-refractivity contribution < 1.29 is 0 Å². The van der Waals surface area contributed by atoms with Crippen LogP contribution in [0.4, 0.5) is 0 Å². The van der Waals surface area contributed by atoms with E-state index in [0.29, 0.717) is 11.7 Å². The highest BCUT2D eigenvalue weighted by atomic mass is 127. The maximum absolute atomic E-state index is 5.95. The molecule has 0 saturated heterocycles. The summed E-state index contributed by atoms with van der Waals surface area (Å²) in [6.45, 7) is 0.493. The molecule has 0 aliphatic rings. The molecule has 0 atom stereocenters. The van der Waals surface area contributed by atoms with Crippen molar-refractivity contribution in [2.24, 2.45) is 0 Å². The van der Waals surface area contributed by atoms with Crippen molar-refractivity contribution in [3.63, 3.8) is 0 Å². The molecule has 0 unspecified atom stereocenters. The zero-order valence-corrected chi connectivity index (χ0v) is 9.95. The van der Waals surface area contributed by atoms with Gasteiger partial charge in [0, 0.05) is 9.77 Å². The molecule has 0 radical (unpaired) electrons. The summed E-state index contributed by atoms with van der Waals surface area (Å²) in [5.41, 5.74) is 0.785. The Labute approximate surface area is 99.6 Å². The van der Waals surface area contributed by atoms with Crippen LogP contribution in [-0.4, -0.2) is 14.5 Å². The summed E-state index contributed by atoms with van der Waals surface area (Å²) in [7, 11) is 0. The first-order valence-electron chi connectivity index (χ1n) is 3.82. The summed E-state index contributed by atoms with van der Waals surface area (Å²) in [6.07, 6.45) is 8.61. The number of terminal acetylenes is 1. The average Bonchev–Trinajstić information content (AvgIpc) is 2.46. The Morgan fingerprint density at radius 1 is 1.57 bits per heavy atom. The highest BCUT2D eigenvalue weighted by molar-refractivity contribution is 14.1. The minimum absolute atomic E-state index is 0.468. The maximum atomic E-state index is 5.95. The molecular formula is C9H5ClIN3. The highest BCUT2D eigenvalue weighted by Crippen LogP contribution is 2.26. The molecule has 3 nitrogen and oxygen atoms in total. The van der Waals surface area contributed by atoms with E-state index >= 15 is 0 Å². The Balaban J connectivity index is 2.79. The number of fused-ring (bicyclic) bond motifs is 1. The molecule has 0 aromatic carbocycles. The second-order valence-corrected chi connectivity index (χ2v) is 4.19. The monoisotopic (exact) mass is 317 g/mol. The number of rotatable bonds is 1. The van der Waals surface area contributed by atoms with Crippen LogP contribution in [0.1, 0.15) is 0 Å². The summed E-state index contributed by atoms with van der Waals surface area (Å²) in [6, 6.07) is 0. The van der Waals surface area contributed by atoms with Crippen LogP contribution in [0.15, 0.2) is 12.5 Å². The molecule has 2 heterocycles. The molecule has 2 rings (SSSR count). The molecular weight excluding hydrogens is 312 g/mol. The van der Waals surface area contributed by atoms with Gasteiger partial charge in [0.25, 0.3) is 0 Å². The van der Waals surface area contributed by atoms with Crippen LogP contribution >= 0.6 is 34.2 Å². The third-order valence-corrected chi connectivity index (χ3v) is 2.93. The second kappa shape index (κ2) is 3.75. The van der Waals surface area contributed by atoms with Crippen LogP contribution < -0.4 is 0 Å². The van der Waals surface area contributed by atoms with E-state index in [9.17, 15) is 0 Å². The topological polar surface area (TPSA) is 30.7 Å². The van der Waals surface area contributed by atoms with Crippen molar-refractivity contribution >= 4 is 45.2 Å². The van der Waals surface area contributed by atoms with E-state index in [4.69, 9.17) is 18.0 Å². The fraction of sp³-hybridized carbons (Fsp3) is 0.111. The lowest BCUT2D eigenvalue weighted by atomic mass is 10.4. The lowest BCUT2D eigenvalue weighted by Gasteiger charge is -1.97. The lowest BCUT2D eigenvalue weighted by molar-refractivity contribution is 0.867. The summed E-state index contributed by atoms with van der Waals surface area (Å²) >= 11 is 8.15. The van der Waals surface area contributed by atoms with E-state index in [2.05, 4.69) is 38.5 Å². The van der Waals surface area contributed by atoms with E-state index in [1.807, 2.05) is 10.8 Å². The van der Waals surface area contributed by atoms with Gasteiger partial charge in [0.2, 0.25) is 0 Å². The Kier molecular flexibility index (Phi) is 2.61. The summed E-state index contributed by atoms with van der Waals surface area (Å²) < 4.78 is 2.89. The van der Waals surface area contributed by atoms with E-state index in [1.54, 1.807) is 0 Å². The molecule has 70 valence electrons. The quantitative estimate of drug-likeness (QED) is 0.459. The van der Waals surface area contributed by atoms with Crippen molar-refractivity contribution in [1.82, 2.24) is 14.5 Å². The second-order valence-electron chi connectivity index (χ2n) is 2.67. The van der Waals surface area contributed by atoms with Crippen LogP contribution in [0.2, 0.25) is 5.15 Å². The first kappa shape index (κ1) is 9.74. The molecule has 0 fully saturated rings. The first-order chi connectivity index (χ1) is 6.74. The average molecular weight is 318 g/mol. The normalized spacial score (nSPS) is 10.4. The minimum atomic E-state index is 0.468. The fourth-order valence-corrected chi connectivity index (χ4v) is 2.48. The Hall–Kier alpha value is -0.800. The van der Waals surface area contributed by atoms with Crippen LogP contribution in [0, 0.1) is 15.9 Å². The van der Waals surface area contributed by atoms with Gasteiger partial charge in [0.1, 0.15) is 17.1 Å². The van der Waals surface area contributed by atoms with Gasteiger partial charge in [-0.3, -0.25) is 0 Å². The van der Waals surface area contributed by atoms with Gasteiger partial charge in [-0.25, -0.2) is 9.97 Å². The lowest BCUT2D eigenvalue weighted by Crippen LogP contribution is -1.94. The molecule has 0 amide bonds. The Bertz CT molecular complexity index is 527. The first-order valence-corrected chi connectivity index (χ1v) is 5.28.